The topological polar surface area (TPSA) is 12.0 Å². The number of nitrogens with one attached hydrogen (secondary N) is 1. The van der Waals surface area contributed by atoms with Crippen molar-refractivity contribution in [2.75, 3.05) is 6.54 Å². The molecule has 1 aliphatic rings. The summed E-state index contributed by atoms with van der Waals surface area (Å²) in [5.74, 6) is 1.34. The second kappa shape index (κ2) is 5.63. The molecule has 1 atom stereocenters. The first-order chi connectivity index (χ1) is 8.16. The summed E-state index contributed by atoms with van der Waals surface area (Å²) >= 11 is 0. The van der Waals surface area contributed by atoms with Gasteiger partial charge in [-0.15, -0.1) is 0 Å². The van der Waals surface area contributed by atoms with Gasteiger partial charge in [-0.05, 0) is 55.3 Å². The first kappa shape index (κ1) is 12.6. The molecule has 0 radical (unpaired) electrons. The van der Waals surface area contributed by atoms with E-state index in [2.05, 4.69) is 19.2 Å². The average molecular weight is 235 g/mol. The molecule has 1 aromatic carbocycles. The molecule has 1 nitrogen and oxygen atoms in total. The lowest BCUT2D eigenvalue weighted by molar-refractivity contribution is 0.445. The zero-order chi connectivity index (χ0) is 12.3. The fourth-order valence-corrected chi connectivity index (χ4v) is 2.18. The molecule has 0 aliphatic heterocycles. The predicted octanol–water partition coefficient (Wildman–Crippen LogP) is 3.91. The van der Waals surface area contributed by atoms with Crippen molar-refractivity contribution in [2.45, 2.75) is 39.2 Å². The standard InChI is InChI=1S/C15H22FN/c1-11(2)9-10-17-15(12-3-4-12)13-5-7-14(16)8-6-13/h5-8,11-12,15,17H,3-4,9-10H2,1-2H3. The molecular formula is C15H22FN. The lowest BCUT2D eigenvalue weighted by atomic mass is 10.0. The minimum absolute atomic E-state index is 0.148. The van der Waals surface area contributed by atoms with Crippen molar-refractivity contribution < 1.29 is 4.39 Å². The van der Waals surface area contributed by atoms with Crippen LogP contribution in [0.3, 0.4) is 0 Å². The number of hydrogen-bond acceptors (Lipinski definition) is 1. The largest absolute Gasteiger partial charge is 0.310 e. The maximum Gasteiger partial charge on any atom is 0.123 e. The highest BCUT2D eigenvalue weighted by Crippen LogP contribution is 2.40. The van der Waals surface area contributed by atoms with E-state index in [-0.39, 0.29) is 5.82 Å². The number of halogens is 1. The van der Waals surface area contributed by atoms with Crippen LogP contribution in [0, 0.1) is 17.7 Å². The molecule has 2 rings (SSSR count). The third-order valence-corrected chi connectivity index (χ3v) is 3.41. The molecule has 94 valence electrons. The van der Waals surface area contributed by atoms with Crippen molar-refractivity contribution in [3.05, 3.63) is 35.6 Å². The Morgan fingerprint density at radius 1 is 1.24 bits per heavy atom. The Morgan fingerprint density at radius 3 is 2.41 bits per heavy atom. The summed E-state index contributed by atoms with van der Waals surface area (Å²) in [4.78, 5) is 0. The van der Waals surface area contributed by atoms with Crippen LogP contribution in [0.4, 0.5) is 4.39 Å². The maximum absolute atomic E-state index is 12.9. The summed E-state index contributed by atoms with van der Waals surface area (Å²) in [5, 5.41) is 3.63. The normalized spacial score (nSPS) is 17.4. The van der Waals surface area contributed by atoms with Crippen molar-refractivity contribution in [1.82, 2.24) is 5.32 Å². The van der Waals surface area contributed by atoms with Crippen molar-refractivity contribution in [3.8, 4) is 0 Å². The van der Waals surface area contributed by atoms with Crippen molar-refractivity contribution in [1.29, 1.82) is 0 Å². The Morgan fingerprint density at radius 2 is 1.88 bits per heavy atom. The van der Waals surface area contributed by atoms with Crippen LogP contribution < -0.4 is 5.32 Å². The second-order valence-electron chi connectivity index (χ2n) is 5.50. The van der Waals surface area contributed by atoms with Gasteiger partial charge in [-0.3, -0.25) is 0 Å². The van der Waals surface area contributed by atoms with Crippen LogP contribution in [0.15, 0.2) is 24.3 Å². The highest BCUT2D eigenvalue weighted by atomic mass is 19.1. The summed E-state index contributed by atoms with van der Waals surface area (Å²) in [5.41, 5.74) is 1.23. The molecule has 1 aromatic rings. The molecule has 1 unspecified atom stereocenters. The molecule has 1 fully saturated rings. The van der Waals surface area contributed by atoms with Crippen LogP contribution in [0.5, 0.6) is 0 Å². The minimum atomic E-state index is -0.148. The summed E-state index contributed by atoms with van der Waals surface area (Å²) < 4.78 is 12.9. The maximum atomic E-state index is 12.9. The fourth-order valence-electron chi connectivity index (χ4n) is 2.18. The van der Waals surface area contributed by atoms with Gasteiger partial charge >= 0.3 is 0 Å². The monoisotopic (exact) mass is 235 g/mol. The molecule has 0 heterocycles. The molecule has 17 heavy (non-hydrogen) atoms. The molecule has 1 saturated carbocycles. The van der Waals surface area contributed by atoms with E-state index in [0.717, 1.165) is 18.4 Å². The van der Waals surface area contributed by atoms with Crippen molar-refractivity contribution in [2.24, 2.45) is 11.8 Å². The molecule has 1 N–H and O–H groups in total. The van der Waals surface area contributed by atoms with E-state index in [1.807, 2.05) is 12.1 Å². The van der Waals surface area contributed by atoms with Gasteiger partial charge in [0, 0.05) is 6.04 Å². The van der Waals surface area contributed by atoms with Gasteiger partial charge in [-0.1, -0.05) is 26.0 Å². The van der Waals surface area contributed by atoms with Gasteiger partial charge in [0.1, 0.15) is 5.82 Å². The van der Waals surface area contributed by atoms with Crippen molar-refractivity contribution in [3.63, 3.8) is 0 Å². The molecule has 0 spiro atoms. The summed E-state index contributed by atoms with van der Waals surface area (Å²) in [6, 6.07) is 7.39. The lowest BCUT2D eigenvalue weighted by Crippen LogP contribution is -2.25. The second-order valence-corrected chi connectivity index (χ2v) is 5.50. The Balaban J connectivity index is 1.94. The molecule has 1 aliphatic carbocycles. The molecule has 2 heteroatoms. The third kappa shape index (κ3) is 3.81. The Hall–Kier alpha value is -0.890. The first-order valence-corrected chi connectivity index (χ1v) is 6.65. The molecular weight excluding hydrogens is 213 g/mol. The highest BCUT2D eigenvalue weighted by molar-refractivity contribution is 5.21. The number of rotatable bonds is 6. The van der Waals surface area contributed by atoms with E-state index in [0.29, 0.717) is 6.04 Å². The Kier molecular flexibility index (Phi) is 4.16. The average Bonchev–Trinajstić information content (AvgIpc) is 3.10. The van der Waals surface area contributed by atoms with Gasteiger partial charge in [-0.2, -0.15) is 0 Å². The first-order valence-electron chi connectivity index (χ1n) is 6.65. The van der Waals surface area contributed by atoms with Gasteiger partial charge in [0.25, 0.3) is 0 Å². The molecule has 0 bridgehead atoms. The van der Waals surface area contributed by atoms with E-state index in [1.165, 1.54) is 24.8 Å². The minimum Gasteiger partial charge on any atom is -0.310 e. The van der Waals surface area contributed by atoms with E-state index < -0.39 is 0 Å². The summed E-state index contributed by atoms with van der Waals surface area (Å²) in [6.07, 6.45) is 3.80. The van der Waals surface area contributed by atoms with Gasteiger partial charge in [0.05, 0.1) is 0 Å². The van der Waals surface area contributed by atoms with Gasteiger partial charge < -0.3 is 5.32 Å². The highest BCUT2D eigenvalue weighted by Gasteiger charge is 2.31. The van der Waals surface area contributed by atoms with E-state index in [1.54, 1.807) is 12.1 Å². The lowest BCUT2D eigenvalue weighted by Gasteiger charge is -2.19. The smallest absolute Gasteiger partial charge is 0.123 e. The zero-order valence-corrected chi connectivity index (χ0v) is 10.7. The van der Waals surface area contributed by atoms with Crippen molar-refractivity contribution >= 4 is 0 Å². The van der Waals surface area contributed by atoms with Gasteiger partial charge in [-0.25, -0.2) is 4.39 Å². The third-order valence-electron chi connectivity index (χ3n) is 3.41. The van der Waals surface area contributed by atoms with Gasteiger partial charge in [0.2, 0.25) is 0 Å². The molecule has 0 aromatic heterocycles. The quantitative estimate of drug-likeness (QED) is 0.788. The van der Waals surface area contributed by atoms with Crippen LogP contribution >= 0.6 is 0 Å². The van der Waals surface area contributed by atoms with Crippen LogP contribution in [-0.2, 0) is 0 Å². The summed E-state index contributed by atoms with van der Waals surface area (Å²) in [7, 11) is 0. The predicted molar refractivity (Wildman–Crippen MR) is 69.3 cm³/mol. The van der Waals surface area contributed by atoms with Crippen LogP contribution in [-0.4, -0.2) is 6.54 Å². The van der Waals surface area contributed by atoms with E-state index in [9.17, 15) is 4.39 Å². The fraction of sp³-hybridized carbons (Fsp3) is 0.600. The SMILES string of the molecule is CC(C)CCNC(c1ccc(F)cc1)C1CC1. The zero-order valence-electron chi connectivity index (χ0n) is 10.7. The Bertz CT molecular complexity index is 340. The van der Waals surface area contributed by atoms with E-state index >= 15 is 0 Å². The van der Waals surface area contributed by atoms with E-state index in [4.69, 9.17) is 0 Å². The van der Waals surface area contributed by atoms with Crippen LogP contribution in [0.1, 0.15) is 44.7 Å². The molecule has 0 saturated heterocycles. The van der Waals surface area contributed by atoms with Crippen LogP contribution in [0.25, 0.3) is 0 Å². The molecule has 0 amide bonds. The number of benzene rings is 1. The number of hydrogen-bond donors (Lipinski definition) is 1. The summed E-state index contributed by atoms with van der Waals surface area (Å²) in [6.45, 7) is 5.54. The Labute approximate surface area is 103 Å². The van der Waals surface area contributed by atoms with Gasteiger partial charge in [0.15, 0.2) is 0 Å². The van der Waals surface area contributed by atoms with Crippen LogP contribution in [0.2, 0.25) is 0 Å².